The number of carbonyl (C=O) groups is 1. The molecule has 5 nitrogen and oxygen atoms in total. The first-order chi connectivity index (χ1) is 7.59. The Balaban J connectivity index is 2.79. The Morgan fingerprint density at radius 3 is 2.94 bits per heavy atom. The highest BCUT2D eigenvalue weighted by atomic mass is 16.5. The Morgan fingerprint density at radius 2 is 2.25 bits per heavy atom. The van der Waals surface area contributed by atoms with Crippen LogP contribution in [0.15, 0.2) is 29.2 Å². The van der Waals surface area contributed by atoms with Crippen LogP contribution in [0.4, 0.5) is 0 Å². The molecule has 0 radical (unpaired) electrons. The molecule has 0 aliphatic carbocycles. The molecule has 82 valence electrons. The SMILES string of the molecule is CC(=O)Oc1cc(=O)n(C)c2ncccc12. The summed E-state index contributed by atoms with van der Waals surface area (Å²) in [4.78, 5) is 26.5. The zero-order valence-electron chi connectivity index (χ0n) is 8.93. The standard InChI is InChI=1S/C11H10N2O3/c1-7(14)16-9-6-10(15)13(2)11-8(9)4-3-5-12-11/h3-6H,1-2H3. The van der Waals surface area contributed by atoms with Crippen LogP contribution in [0.1, 0.15) is 6.92 Å². The number of carbonyl (C=O) groups excluding carboxylic acids is 1. The van der Waals surface area contributed by atoms with Gasteiger partial charge in [0.15, 0.2) is 0 Å². The lowest BCUT2D eigenvalue weighted by Crippen LogP contribution is -2.18. The number of nitrogens with zero attached hydrogens (tertiary/aromatic N) is 2. The number of aryl methyl sites for hydroxylation is 1. The second-order valence-corrected chi connectivity index (χ2v) is 3.37. The fraction of sp³-hybridized carbons (Fsp3) is 0.182. The van der Waals surface area contributed by atoms with Gasteiger partial charge in [-0.25, -0.2) is 4.98 Å². The second-order valence-electron chi connectivity index (χ2n) is 3.37. The van der Waals surface area contributed by atoms with Gasteiger partial charge in [0.05, 0.1) is 5.39 Å². The van der Waals surface area contributed by atoms with Crippen LogP contribution >= 0.6 is 0 Å². The van der Waals surface area contributed by atoms with E-state index in [4.69, 9.17) is 4.74 Å². The van der Waals surface area contributed by atoms with Gasteiger partial charge in [-0.15, -0.1) is 0 Å². The van der Waals surface area contributed by atoms with Crippen LogP contribution in [0.25, 0.3) is 11.0 Å². The van der Waals surface area contributed by atoms with Crippen molar-refractivity contribution in [1.29, 1.82) is 0 Å². The molecule has 0 atom stereocenters. The number of ether oxygens (including phenoxy) is 1. The van der Waals surface area contributed by atoms with E-state index in [1.165, 1.54) is 17.6 Å². The van der Waals surface area contributed by atoms with Crippen molar-refractivity contribution in [3.05, 3.63) is 34.7 Å². The van der Waals surface area contributed by atoms with E-state index in [2.05, 4.69) is 4.98 Å². The molecule has 0 unspecified atom stereocenters. The fourth-order valence-corrected chi connectivity index (χ4v) is 1.49. The maximum Gasteiger partial charge on any atom is 0.308 e. The maximum atomic E-state index is 11.6. The summed E-state index contributed by atoms with van der Waals surface area (Å²) < 4.78 is 6.38. The quantitative estimate of drug-likeness (QED) is 0.666. The number of esters is 1. The molecule has 2 heterocycles. The maximum absolute atomic E-state index is 11.6. The van der Waals surface area contributed by atoms with Gasteiger partial charge in [0, 0.05) is 26.2 Å². The summed E-state index contributed by atoms with van der Waals surface area (Å²) in [6, 6.07) is 4.76. The van der Waals surface area contributed by atoms with Gasteiger partial charge >= 0.3 is 5.97 Å². The Bertz CT molecular complexity index is 616. The average Bonchev–Trinajstić information content (AvgIpc) is 2.25. The summed E-state index contributed by atoms with van der Waals surface area (Å²) >= 11 is 0. The van der Waals surface area contributed by atoms with Gasteiger partial charge < -0.3 is 4.74 Å². The van der Waals surface area contributed by atoms with Crippen LogP contribution < -0.4 is 10.3 Å². The third-order valence-corrected chi connectivity index (χ3v) is 2.21. The molecular weight excluding hydrogens is 208 g/mol. The van der Waals surface area contributed by atoms with E-state index in [0.29, 0.717) is 11.0 Å². The minimum absolute atomic E-state index is 0.249. The molecule has 0 saturated heterocycles. The number of fused-ring (bicyclic) bond motifs is 1. The average molecular weight is 218 g/mol. The molecule has 0 saturated carbocycles. The molecule has 2 aromatic heterocycles. The van der Waals surface area contributed by atoms with Gasteiger partial charge in [-0.1, -0.05) is 0 Å². The molecule has 0 aliphatic rings. The lowest BCUT2D eigenvalue weighted by molar-refractivity contribution is -0.131. The van der Waals surface area contributed by atoms with E-state index in [9.17, 15) is 9.59 Å². The number of pyridine rings is 2. The van der Waals surface area contributed by atoms with Gasteiger partial charge in [0.2, 0.25) is 0 Å². The van der Waals surface area contributed by atoms with E-state index in [-0.39, 0.29) is 11.3 Å². The highest BCUT2D eigenvalue weighted by Crippen LogP contribution is 2.21. The molecular formula is C11H10N2O3. The summed E-state index contributed by atoms with van der Waals surface area (Å²) in [5.41, 5.74) is 0.230. The largest absolute Gasteiger partial charge is 0.426 e. The Hall–Kier alpha value is -2.17. The Morgan fingerprint density at radius 1 is 1.50 bits per heavy atom. The predicted octanol–water partition coefficient (Wildman–Crippen LogP) is 0.859. The molecule has 0 fully saturated rings. The highest BCUT2D eigenvalue weighted by molar-refractivity contribution is 5.84. The first kappa shape index (κ1) is 10.4. The molecule has 0 bridgehead atoms. The minimum atomic E-state index is -0.460. The minimum Gasteiger partial charge on any atom is -0.426 e. The van der Waals surface area contributed by atoms with Crippen LogP contribution in [0.2, 0.25) is 0 Å². The summed E-state index contributed by atoms with van der Waals surface area (Å²) in [6.07, 6.45) is 1.58. The van der Waals surface area contributed by atoms with Crippen LogP contribution in [0.5, 0.6) is 5.75 Å². The molecule has 0 N–H and O–H groups in total. The zero-order valence-corrected chi connectivity index (χ0v) is 8.93. The van der Waals surface area contributed by atoms with Gasteiger partial charge in [-0.3, -0.25) is 14.2 Å². The van der Waals surface area contributed by atoms with E-state index in [1.54, 1.807) is 25.4 Å². The summed E-state index contributed by atoms with van der Waals surface area (Å²) in [5, 5.41) is 0.639. The normalized spacial score (nSPS) is 10.4. The van der Waals surface area contributed by atoms with Crippen LogP contribution in [0.3, 0.4) is 0 Å². The smallest absolute Gasteiger partial charge is 0.308 e. The number of hydrogen-bond acceptors (Lipinski definition) is 4. The van der Waals surface area contributed by atoms with Crippen molar-refractivity contribution in [2.24, 2.45) is 7.05 Å². The zero-order chi connectivity index (χ0) is 11.7. The van der Waals surface area contributed by atoms with Crippen LogP contribution in [-0.2, 0) is 11.8 Å². The van der Waals surface area contributed by atoms with Crippen molar-refractivity contribution in [1.82, 2.24) is 9.55 Å². The highest BCUT2D eigenvalue weighted by Gasteiger charge is 2.09. The van der Waals surface area contributed by atoms with Gasteiger partial charge in [-0.2, -0.15) is 0 Å². The van der Waals surface area contributed by atoms with E-state index in [0.717, 1.165) is 0 Å². The lowest BCUT2D eigenvalue weighted by atomic mass is 10.2. The van der Waals surface area contributed by atoms with Crippen LogP contribution in [0, 0.1) is 0 Å². The van der Waals surface area contributed by atoms with Gasteiger partial charge in [0.1, 0.15) is 11.4 Å². The fourth-order valence-electron chi connectivity index (χ4n) is 1.49. The summed E-state index contributed by atoms with van der Waals surface area (Å²) in [6.45, 7) is 1.29. The van der Waals surface area contributed by atoms with Crippen LogP contribution in [-0.4, -0.2) is 15.5 Å². The third kappa shape index (κ3) is 1.67. The van der Waals surface area contributed by atoms with Crippen molar-refractivity contribution in [3.63, 3.8) is 0 Å². The van der Waals surface area contributed by atoms with E-state index < -0.39 is 5.97 Å². The van der Waals surface area contributed by atoms with Gasteiger partial charge in [0.25, 0.3) is 5.56 Å². The first-order valence-corrected chi connectivity index (χ1v) is 4.73. The van der Waals surface area contributed by atoms with E-state index >= 15 is 0 Å². The number of aromatic nitrogens is 2. The molecule has 16 heavy (non-hydrogen) atoms. The number of rotatable bonds is 1. The molecule has 2 rings (SSSR count). The second kappa shape index (κ2) is 3.77. The first-order valence-electron chi connectivity index (χ1n) is 4.73. The number of hydrogen-bond donors (Lipinski definition) is 0. The lowest BCUT2D eigenvalue weighted by Gasteiger charge is -2.07. The van der Waals surface area contributed by atoms with Crippen molar-refractivity contribution in [2.45, 2.75) is 6.92 Å². The van der Waals surface area contributed by atoms with Crippen molar-refractivity contribution in [3.8, 4) is 5.75 Å². The van der Waals surface area contributed by atoms with Gasteiger partial charge in [-0.05, 0) is 12.1 Å². The molecule has 5 heteroatoms. The topological polar surface area (TPSA) is 61.2 Å². The summed E-state index contributed by atoms with van der Waals surface area (Å²) in [5.74, 6) is -0.211. The summed E-state index contributed by atoms with van der Waals surface area (Å²) in [7, 11) is 1.62. The molecule has 0 aliphatic heterocycles. The van der Waals surface area contributed by atoms with Crippen molar-refractivity contribution >= 4 is 17.0 Å². The third-order valence-electron chi connectivity index (χ3n) is 2.21. The molecule has 2 aromatic rings. The monoisotopic (exact) mass is 218 g/mol. The molecule has 0 amide bonds. The van der Waals surface area contributed by atoms with Crippen molar-refractivity contribution < 1.29 is 9.53 Å². The Kier molecular flexibility index (Phi) is 2.44. The van der Waals surface area contributed by atoms with Crippen molar-refractivity contribution in [2.75, 3.05) is 0 Å². The Labute approximate surface area is 91.3 Å². The predicted molar refractivity (Wildman–Crippen MR) is 58.3 cm³/mol. The molecule has 0 aromatic carbocycles. The molecule has 0 spiro atoms. The van der Waals surface area contributed by atoms with E-state index in [1.807, 2.05) is 0 Å².